The molecule has 0 saturated carbocycles. The molecular weight excluding hydrogens is 212 g/mol. The van der Waals surface area contributed by atoms with Crippen molar-refractivity contribution in [3.8, 4) is 0 Å². The molecule has 2 heterocycles. The smallest absolute Gasteiger partial charge is 0.167 e. The summed E-state index contributed by atoms with van der Waals surface area (Å²) in [7, 11) is 0. The van der Waals surface area contributed by atoms with Crippen LogP contribution in [0, 0.1) is 0 Å². The number of hydrogen-bond acceptors (Lipinski definition) is 3. The summed E-state index contributed by atoms with van der Waals surface area (Å²) in [5.74, 6) is 1.84. The number of aryl methyl sites for hydroxylation is 1. The number of hydrogen-bond donors (Lipinski definition) is 2. The van der Waals surface area contributed by atoms with E-state index in [0.717, 1.165) is 31.0 Å². The molecule has 17 heavy (non-hydrogen) atoms. The zero-order valence-electron chi connectivity index (χ0n) is 9.90. The molecule has 3 rings (SSSR count). The van der Waals surface area contributed by atoms with Crippen LogP contribution in [0.4, 0.5) is 0 Å². The molecule has 1 atom stereocenters. The van der Waals surface area contributed by atoms with Crippen LogP contribution in [0.15, 0.2) is 24.3 Å². The Balaban J connectivity index is 1.84. The second kappa shape index (κ2) is 4.30. The van der Waals surface area contributed by atoms with Gasteiger partial charge in [-0.3, -0.25) is 5.10 Å². The third-order valence-corrected chi connectivity index (χ3v) is 3.28. The van der Waals surface area contributed by atoms with Crippen LogP contribution in [0.1, 0.15) is 35.7 Å². The SMILES string of the molecule is CCc1nc([C@H]2Cc3ccccc3CN2)n[nH]1. The second-order valence-corrected chi connectivity index (χ2v) is 4.40. The zero-order valence-corrected chi connectivity index (χ0v) is 9.90. The molecule has 0 spiro atoms. The largest absolute Gasteiger partial charge is 0.303 e. The molecule has 2 aromatic rings. The van der Waals surface area contributed by atoms with Crippen LogP contribution in [0.2, 0.25) is 0 Å². The molecule has 0 amide bonds. The lowest BCUT2D eigenvalue weighted by molar-refractivity contribution is 0.477. The van der Waals surface area contributed by atoms with Crippen molar-refractivity contribution in [3.05, 3.63) is 47.0 Å². The molecule has 2 N–H and O–H groups in total. The van der Waals surface area contributed by atoms with Crippen molar-refractivity contribution in [2.24, 2.45) is 0 Å². The van der Waals surface area contributed by atoms with E-state index in [1.54, 1.807) is 0 Å². The van der Waals surface area contributed by atoms with E-state index in [4.69, 9.17) is 0 Å². The minimum atomic E-state index is 0.237. The third kappa shape index (κ3) is 1.96. The monoisotopic (exact) mass is 228 g/mol. The van der Waals surface area contributed by atoms with E-state index in [1.165, 1.54) is 11.1 Å². The molecule has 0 radical (unpaired) electrons. The summed E-state index contributed by atoms with van der Waals surface area (Å²) in [6.07, 6.45) is 1.87. The summed E-state index contributed by atoms with van der Waals surface area (Å²) in [4.78, 5) is 4.50. The van der Waals surface area contributed by atoms with Crippen molar-refractivity contribution in [1.29, 1.82) is 0 Å². The molecule has 1 aromatic carbocycles. The van der Waals surface area contributed by atoms with Crippen LogP contribution in [-0.2, 0) is 19.4 Å². The molecule has 4 nitrogen and oxygen atoms in total. The predicted molar refractivity (Wildman–Crippen MR) is 65.5 cm³/mol. The van der Waals surface area contributed by atoms with E-state index >= 15 is 0 Å². The van der Waals surface area contributed by atoms with E-state index in [9.17, 15) is 0 Å². The van der Waals surface area contributed by atoms with Crippen LogP contribution >= 0.6 is 0 Å². The van der Waals surface area contributed by atoms with E-state index in [2.05, 4.69) is 51.7 Å². The van der Waals surface area contributed by atoms with Gasteiger partial charge < -0.3 is 5.32 Å². The standard InChI is InChI=1S/C13H16N4/c1-2-12-15-13(17-16-12)11-7-9-5-3-4-6-10(9)8-14-11/h3-6,11,14H,2,7-8H2,1H3,(H,15,16,17)/t11-/m1/s1. The molecule has 0 aliphatic carbocycles. The topological polar surface area (TPSA) is 53.6 Å². The third-order valence-electron chi connectivity index (χ3n) is 3.28. The highest BCUT2D eigenvalue weighted by molar-refractivity contribution is 5.30. The number of rotatable bonds is 2. The normalized spacial score (nSPS) is 19.0. The molecule has 1 aliphatic heterocycles. The summed E-state index contributed by atoms with van der Waals surface area (Å²) >= 11 is 0. The van der Waals surface area contributed by atoms with Crippen LogP contribution in [-0.4, -0.2) is 15.2 Å². The van der Waals surface area contributed by atoms with E-state index in [1.807, 2.05) is 0 Å². The van der Waals surface area contributed by atoms with Crippen LogP contribution < -0.4 is 5.32 Å². The molecule has 4 heteroatoms. The van der Waals surface area contributed by atoms with E-state index in [0.29, 0.717) is 0 Å². The fourth-order valence-corrected chi connectivity index (χ4v) is 2.26. The van der Waals surface area contributed by atoms with Gasteiger partial charge in [0, 0.05) is 13.0 Å². The number of benzene rings is 1. The maximum absolute atomic E-state index is 4.50. The van der Waals surface area contributed by atoms with Gasteiger partial charge in [0.25, 0.3) is 0 Å². The summed E-state index contributed by atoms with van der Waals surface area (Å²) in [5, 5.41) is 10.7. The molecule has 88 valence electrons. The number of aromatic nitrogens is 3. The Morgan fingerprint density at radius 2 is 2.12 bits per heavy atom. The summed E-state index contributed by atoms with van der Waals surface area (Å²) in [6.45, 7) is 2.98. The number of nitrogens with one attached hydrogen (secondary N) is 2. The van der Waals surface area contributed by atoms with E-state index in [-0.39, 0.29) is 6.04 Å². The first-order chi connectivity index (χ1) is 8.36. The second-order valence-electron chi connectivity index (χ2n) is 4.40. The van der Waals surface area contributed by atoms with Crippen molar-refractivity contribution < 1.29 is 0 Å². The van der Waals surface area contributed by atoms with Crippen LogP contribution in [0.5, 0.6) is 0 Å². The van der Waals surface area contributed by atoms with Crippen molar-refractivity contribution >= 4 is 0 Å². The average Bonchev–Trinajstić information content (AvgIpc) is 2.87. The molecule has 0 bridgehead atoms. The number of nitrogens with zero attached hydrogens (tertiary/aromatic N) is 2. The van der Waals surface area contributed by atoms with Gasteiger partial charge >= 0.3 is 0 Å². The molecule has 0 unspecified atom stereocenters. The number of aromatic amines is 1. The lowest BCUT2D eigenvalue weighted by Crippen LogP contribution is -2.29. The maximum Gasteiger partial charge on any atom is 0.167 e. The molecule has 0 saturated heterocycles. The molecule has 0 fully saturated rings. The summed E-state index contributed by atoms with van der Waals surface area (Å²) in [6, 6.07) is 8.78. The minimum absolute atomic E-state index is 0.237. The Hall–Kier alpha value is -1.68. The Morgan fingerprint density at radius 3 is 2.88 bits per heavy atom. The predicted octanol–water partition coefficient (Wildman–Crippen LogP) is 1.75. The Morgan fingerprint density at radius 1 is 1.29 bits per heavy atom. The first-order valence-corrected chi connectivity index (χ1v) is 6.08. The fourth-order valence-electron chi connectivity index (χ4n) is 2.26. The highest BCUT2D eigenvalue weighted by Crippen LogP contribution is 2.23. The van der Waals surface area contributed by atoms with Gasteiger partial charge in [0.05, 0.1) is 6.04 Å². The first-order valence-electron chi connectivity index (χ1n) is 6.08. The van der Waals surface area contributed by atoms with Crippen LogP contribution in [0.25, 0.3) is 0 Å². The first kappa shape index (κ1) is 10.5. The quantitative estimate of drug-likeness (QED) is 0.823. The number of fused-ring (bicyclic) bond motifs is 1. The zero-order chi connectivity index (χ0) is 11.7. The van der Waals surface area contributed by atoms with Crippen molar-refractivity contribution in [2.45, 2.75) is 32.4 Å². The van der Waals surface area contributed by atoms with Gasteiger partial charge in [0.1, 0.15) is 5.82 Å². The highest BCUT2D eigenvalue weighted by atomic mass is 15.2. The van der Waals surface area contributed by atoms with E-state index < -0.39 is 0 Å². The van der Waals surface area contributed by atoms with Gasteiger partial charge in [-0.25, -0.2) is 4.98 Å². The minimum Gasteiger partial charge on any atom is -0.303 e. The lowest BCUT2D eigenvalue weighted by Gasteiger charge is -2.23. The number of H-pyrrole nitrogens is 1. The van der Waals surface area contributed by atoms with Gasteiger partial charge in [-0.05, 0) is 17.5 Å². The van der Waals surface area contributed by atoms with Gasteiger partial charge in [0.15, 0.2) is 5.82 Å². The molecule has 1 aromatic heterocycles. The molecule has 1 aliphatic rings. The Kier molecular flexibility index (Phi) is 2.65. The van der Waals surface area contributed by atoms with Crippen molar-refractivity contribution in [3.63, 3.8) is 0 Å². The average molecular weight is 228 g/mol. The fraction of sp³-hybridized carbons (Fsp3) is 0.385. The van der Waals surface area contributed by atoms with Gasteiger partial charge in [-0.2, -0.15) is 5.10 Å². The lowest BCUT2D eigenvalue weighted by atomic mass is 9.96. The van der Waals surface area contributed by atoms with Crippen LogP contribution in [0.3, 0.4) is 0 Å². The van der Waals surface area contributed by atoms with Gasteiger partial charge in [0.2, 0.25) is 0 Å². The Bertz CT molecular complexity index is 518. The van der Waals surface area contributed by atoms with Gasteiger partial charge in [-0.1, -0.05) is 31.2 Å². The summed E-state index contributed by atoms with van der Waals surface area (Å²) in [5.41, 5.74) is 2.79. The van der Waals surface area contributed by atoms with Crippen molar-refractivity contribution in [2.75, 3.05) is 0 Å². The Labute approximate surface area is 100 Å². The van der Waals surface area contributed by atoms with Crippen molar-refractivity contribution in [1.82, 2.24) is 20.5 Å². The summed E-state index contributed by atoms with van der Waals surface area (Å²) < 4.78 is 0. The maximum atomic E-state index is 4.50. The molecular formula is C13H16N4. The van der Waals surface area contributed by atoms with Gasteiger partial charge in [-0.15, -0.1) is 0 Å². The highest BCUT2D eigenvalue weighted by Gasteiger charge is 2.22.